The van der Waals surface area contributed by atoms with Crippen molar-refractivity contribution in [3.05, 3.63) is 0 Å². The third-order valence-electron chi connectivity index (χ3n) is 3.08. The summed E-state index contributed by atoms with van der Waals surface area (Å²) < 4.78 is 0. The summed E-state index contributed by atoms with van der Waals surface area (Å²) >= 11 is 1.79. The lowest BCUT2D eigenvalue weighted by Crippen LogP contribution is -2.51. The Morgan fingerprint density at radius 1 is 1.44 bits per heavy atom. The molecule has 3 unspecified atom stereocenters. The maximum absolute atomic E-state index is 11.6. The molecule has 0 bridgehead atoms. The molecule has 2 amide bonds. The number of thioether (sulfide) groups is 1. The van der Waals surface area contributed by atoms with E-state index in [4.69, 9.17) is 10.2 Å². The number of nitrogens with one attached hydrogen (secondary N) is 2. The molecule has 4 N–H and O–H groups in total. The second-order valence-corrected chi connectivity index (χ2v) is 5.55. The number of carbonyl (C=O) groups is 2. The summed E-state index contributed by atoms with van der Waals surface area (Å²) in [5.41, 5.74) is 0. The van der Waals surface area contributed by atoms with Gasteiger partial charge in [-0.3, -0.25) is 0 Å². The molecule has 1 saturated carbocycles. The summed E-state index contributed by atoms with van der Waals surface area (Å²) in [6.45, 7) is -0.610. The molecule has 1 rings (SSSR count). The molecule has 0 aromatic rings. The highest BCUT2D eigenvalue weighted by molar-refractivity contribution is 7.99. The van der Waals surface area contributed by atoms with Crippen LogP contribution in [0.25, 0.3) is 0 Å². The predicted molar refractivity (Wildman–Crippen MR) is 69.7 cm³/mol. The zero-order valence-corrected chi connectivity index (χ0v) is 11.2. The minimum Gasteiger partial charge on any atom is -0.480 e. The molecule has 1 fully saturated rings. The molecular weight excluding hydrogens is 256 g/mol. The maximum Gasteiger partial charge on any atom is 0.328 e. The van der Waals surface area contributed by atoms with Crippen LogP contribution in [0, 0.1) is 0 Å². The lowest BCUT2D eigenvalue weighted by atomic mass is 9.95. The Balaban J connectivity index is 2.37. The number of carboxylic acids is 1. The quantitative estimate of drug-likeness (QED) is 0.583. The van der Waals surface area contributed by atoms with Crippen molar-refractivity contribution in [3.8, 4) is 0 Å². The summed E-state index contributed by atoms with van der Waals surface area (Å²) in [7, 11) is 0. The molecule has 0 heterocycles. The van der Waals surface area contributed by atoms with Crippen molar-refractivity contribution in [1.29, 1.82) is 0 Å². The maximum atomic E-state index is 11.6. The molecule has 0 saturated heterocycles. The molecule has 0 spiro atoms. The van der Waals surface area contributed by atoms with Gasteiger partial charge in [0.15, 0.2) is 6.04 Å². The van der Waals surface area contributed by atoms with Gasteiger partial charge >= 0.3 is 12.0 Å². The average molecular weight is 276 g/mol. The van der Waals surface area contributed by atoms with Crippen LogP contribution in [0.3, 0.4) is 0 Å². The molecule has 1 aliphatic rings. The van der Waals surface area contributed by atoms with Crippen molar-refractivity contribution >= 4 is 23.8 Å². The van der Waals surface area contributed by atoms with E-state index in [1.807, 2.05) is 0 Å². The summed E-state index contributed by atoms with van der Waals surface area (Å²) in [5, 5.41) is 23.1. The topological polar surface area (TPSA) is 98.7 Å². The highest BCUT2D eigenvalue weighted by Gasteiger charge is 2.24. The number of aliphatic hydroxyl groups excluding tert-OH is 1. The number of hydrogen-bond acceptors (Lipinski definition) is 4. The summed E-state index contributed by atoms with van der Waals surface area (Å²) in [4.78, 5) is 22.2. The first-order valence-electron chi connectivity index (χ1n) is 6.00. The number of carbonyl (C=O) groups excluding carboxylic acids is 1. The van der Waals surface area contributed by atoms with Gasteiger partial charge in [-0.25, -0.2) is 9.59 Å². The fourth-order valence-electron chi connectivity index (χ4n) is 2.06. The van der Waals surface area contributed by atoms with Crippen molar-refractivity contribution in [2.24, 2.45) is 0 Å². The van der Waals surface area contributed by atoms with Gasteiger partial charge < -0.3 is 20.8 Å². The third-order valence-corrected chi connectivity index (χ3v) is 4.18. The Bertz CT molecular complexity index is 301. The van der Waals surface area contributed by atoms with E-state index in [1.165, 1.54) is 0 Å². The van der Waals surface area contributed by atoms with Gasteiger partial charge in [-0.15, -0.1) is 0 Å². The molecule has 6 nitrogen and oxygen atoms in total. The molecule has 104 valence electrons. The average Bonchev–Trinajstić information content (AvgIpc) is 2.35. The van der Waals surface area contributed by atoms with E-state index in [9.17, 15) is 9.59 Å². The number of rotatable bonds is 5. The van der Waals surface area contributed by atoms with Gasteiger partial charge in [-0.1, -0.05) is 6.42 Å². The van der Waals surface area contributed by atoms with E-state index in [0.29, 0.717) is 5.25 Å². The van der Waals surface area contributed by atoms with Gasteiger partial charge in [0.25, 0.3) is 0 Å². The molecule has 7 heteroatoms. The van der Waals surface area contributed by atoms with Crippen molar-refractivity contribution in [1.82, 2.24) is 10.6 Å². The van der Waals surface area contributed by atoms with E-state index in [2.05, 4.69) is 16.9 Å². The number of carboxylic acid groups (broad SMARTS) is 1. The summed E-state index contributed by atoms with van der Waals surface area (Å²) in [5.74, 6) is -1.24. The van der Waals surface area contributed by atoms with E-state index in [0.717, 1.165) is 25.7 Å². The first kappa shape index (κ1) is 15.1. The van der Waals surface area contributed by atoms with E-state index in [-0.39, 0.29) is 6.04 Å². The smallest absolute Gasteiger partial charge is 0.328 e. The van der Waals surface area contributed by atoms with Crippen LogP contribution < -0.4 is 10.6 Å². The van der Waals surface area contributed by atoms with Crippen molar-refractivity contribution in [3.63, 3.8) is 0 Å². The van der Waals surface area contributed by atoms with Crippen molar-refractivity contribution < 1.29 is 19.8 Å². The van der Waals surface area contributed by atoms with Gasteiger partial charge in [0.2, 0.25) is 0 Å². The second-order valence-electron chi connectivity index (χ2n) is 4.41. The first-order chi connectivity index (χ1) is 8.56. The predicted octanol–water partition coefficient (Wildman–Crippen LogP) is 0.405. The van der Waals surface area contributed by atoms with Gasteiger partial charge in [0.05, 0.1) is 6.61 Å². The molecule has 0 aliphatic heterocycles. The Hall–Kier alpha value is -0.950. The van der Waals surface area contributed by atoms with E-state index < -0.39 is 24.6 Å². The van der Waals surface area contributed by atoms with Gasteiger partial charge in [-0.2, -0.15) is 11.8 Å². The Morgan fingerprint density at radius 3 is 2.72 bits per heavy atom. The molecule has 0 aromatic heterocycles. The summed E-state index contributed by atoms with van der Waals surface area (Å²) in [6, 6.07) is -1.68. The van der Waals surface area contributed by atoms with Crippen LogP contribution in [0.5, 0.6) is 0 Å². The van der Waals surface area contributed by atoms with Crippen LogP contribution in [0.4, 0.5) is 4.79 Å². The molecular formula is C11H20N2O4S. The van der Waals surface area contributed by atoms with E-state index in [1.54, 1.807) is 11.8 Å². The Kier molecular flexibility index (Phi) is 6.28. The van der Waals surface area contributed by atoms with Crippen LogP contribution in [0.15, 0.2) is 0 Å². The lowest BCUT2D eigenvalue weighted by molar-refractivity contribution is -0.140. The van der Waals surface area contributed by atoms with Crippen molar-refractivity contribution in [2.75, 3.05) is 12.9 Å². The monoisotopic (exact) mass is 276 g/mol. The third kappa shape index (κ3) is 4.73. The first-order valence-corrected chi connectivity index (χ1v) is 7.29. The summed E-state index contributed by atoms with van der Waals surface area (Å²) in [6.07, 6.45) is 6.11. The molecule has 3 atom stereocenters. The molecule has 0 radical (unpaired) electrons. The minimum absolute atomic E-state index is 0.0873. The number of aliphatic hydroxyl groups is 1. The SMILES string of the molecule is CSC1CCCC(NC(=O)NC(CO)C(=O)O)C1. The fourth-order valence-corrected chi connectivity index (χ4v) is 2.89. The Labute approximate surface area is 111 Å². The van der Waals surface area contributed by atoms with E-state index >= 15 is 0 Å². The molecule has 0 aromatic carbocycles. The number of urea groups is 1. The van der Waals surface area contributed by atoms with Crippen LogP contribution in [0.2, 0.25) is 0 Å². The molecule has 18 heavy (non-hydrogen) atoms. The highest BCUT2D eigenvalue weighted by atomic mass is 32.2. The fraction of sp³-hybridized carbons (Fsp3) is 0.818. The Morgan fingerprint density at radius 2 is 2.17 bits per heavy atom. The van der Waals surface area contributed by atoms with Crippen LogP contribution in [0.1, 0.15) is 25.7 Å². The number of hydrogen-bond donors (Lipinski definition) is 4. The largest absolute Gasteiger partial charge is 0.480 e. The highest BCUT2D eigenvalue weighted by Crippen LogP contribution is 2.26. The van der Waals surface area contributed by atoms with Crippen LogP contribution in [-0.4, -0.2) is 52.4 Å². The standard InChI is InChI=1S/C11H20N2O4S/c1-18-8-4-2-3-7(5-8)12-11(17)13-9(6-14)10(15)16/h7-9,14H,2-6H2,1H3,(H,15,16)(H2,12,13,17). The number of aliphatic carboxylic acids is 1. The second kappa shape index (κ2) is 7.48. The van der Waals surface area contributed by atoms with Gasteiger partial charge in [0, 0.05) is 11.3 Å². The minimum atomic E-state index is -1.25. The van der Waals surface area contributed by atoms with Crippen LogP contribution >= 0.6 is 11.8 Å². The van der Waals surface area contributed by atoms with Crippen LogP contribution in [-0.2, 0) is 4.79 Å². The zero-order valence-electron chi connectivity index (χ0n) is 10.4. The van der Waals surface area contributed by atoms with Crippen molar-refractivity contribution in [2.45, 2.75) is 43.0 Å². The van der Waals surface area contributed by atoms with Gasteiger partial charge in [0.1, 0.15) is 0 Å². The van der Waals surface area contributed by atoms with Gasteiger partial charge in [-0.05, 0) is 25.5 Å². The lowest BCUT2D eigenvalue weighted by Gasteiger charge is -2.29. The molecule has 1 aliphatic carbocycles. The number of amides is 2. The zero-order chi connectivity index (χ0) is 13.5. The normalized spacial score (nSPS) is 25.2.